The first-order valence-electron chi connectivity index (χ1n) is 7.37. The molecule has 0 spiro atoms. The molecule has 2 aliphatic rings. The second-order valence-electron chi connectivity index (χ2n) is 5.64. The maximum absolute atomic E-state index is 11.1. The molecule has 0 unspecified atom stereocenters. The molecule has 1 atom stereocenters. The third-order valence-electron chi connectivity index (χ3n) is 4.22. The molecule has 0 radical (unpaired) electrons. The van der Waals surface area contributed by atoms with Gasteiger partial charge >= 0.3 is 5.69 Å². The molecule has 114 valence electrons. The lowest BCUT2D eigenvalue weighted by Gasteiger charge is -2.29. The standard InChI is InChI=1S/C14H20N4O3/c19-18(20)14-9-15-3-1-13(14)17-4-2-12(11-17)10-16-5-7-21-8-6-16/h1,3,9,12H,2,4-8,10-11H2/t12-/m1/s1. The molecule has 2 fully saturated rings. The Hall–Kier alpha value is -1.73. The molecule has 7 nitrogen and oxygen atoms in total. The molecular formula is C14H20N4O3. The van der Waals surface area contributed by atoms with Crippen LogP contribution < -0.4 is 4.90 Å². The highest BCUT2D eigenvalue weighted by molar-refractivity contribution is 5.62. The van der Waals surface area contributed by atoms with Gasteiger partial charge in [0.25, 0.3) is 0 Å². The minimum atomic E-state index is -0.350. The minimum absolute atomic E-state index is 0.101. The first kappa shape index (κ1) is 14.2. The fourth-order valence-corrected chi connectivity index (χ4v) is 3.14. The van der Waals surface area contributed by atoms with Crippen LogP contribution in [-0.4, -0.2) is 60.7 Å². The predicted molar refractivity (Wildman–Crippen MR) is 78.5 cm³/mol. The molecule has 0 bridgehead atoms. The van der Waals surface area contributed by atoms with Gasteiger partial charge in [0.2, 0.25) is 0 Å². The molecule has 1 aromatic heterocycles. The normalized spacial score (nSPS) is 23.4. The highest BCUT2D eigenvalue weighted by atomic mass is 16.6. The number of anilines is 1. The van der Waals surface area contributed by atoms with Crippen molar-refractivity contribution >= 4 is 11.4 Å². The number of morpholine rings is 1. The molecule has 7 heteroatoms. The van der Waals surface area contributed by atoms with Crippen LogP contribution in [0.25, 0.3) is 0 Å². The van der Waals surface area contributed by atoms with Gasteiger partial charge in [0.05, 0.1) is 18.1 Å². The van der Waals surface area contributed by atoms with Gasteiger partial charge in [0.15, 0.2) is 0 Å². The van der Waals surface area contributed by atoms with Crippen molar-refractivity contribution in [1.29, 1.82) is 0 Å². The van der Waals surface area contributed by atoms with Crippen molar-refractivity contribution in [3.63, 3.8) is 0 Å². The highest BCUT2D eigenvalue weighted by Crippen LogP contribution is 2.31. The first-order chi connectivity index (χ1) is 10.2. The number of pyridine rings is 1. The number of aromatic nitrogens is 1. The van der Waals surface area contributed by atoms with Crippen molar-refractivity contribution in [3.8, 4) is 0 Å². The van der Waals surface area contributed by atoms with Crippen LogP contribution in [0, 0.1) is 16.0 Å². The molecule has 1 aromatic rings. The molecule has 3 rings (SSSR count). The zero-order valence-electron chi connectivity index (χ0n) is 12.0. The summed E-state index contributed by atoms with van der Waals surface area (Å²) in [5.74, 6) is 0.566. The average Bonchev–Trinajstić information content (AvgIpc) is 2.96. The van der Waals surface area contributed by atoms with Crippen LogP contribution >= 0.6 is 0 Å². The van der Waals surface area contributed by atoms with E-state index in [4.69, 9.17) is 4.74 Å². The summed E-state index contributed by atoms with van der Waals surface area (Å²) >= 11 is 0. The molecule has 21 heavy (non-hydrogen) atoms. The Morgan fingerprint density at radius 1 is 1.38 bits per heavy atom. The zero-order valence-corrected chi connectivity index (χ0v) is 12.0. The maximum atomic E-state index is 11.1. The van der Waals surface area contributed by atoms with Crippen LogP contribution in [0.1, 0.15) is 6.42 Å². The van der Waals surface area contributed by atoms with Gasteiger partial charge in [-0.15, -0.1) is 0 Å². The predicted octanol–water partition coefficient (Wildman–Crippen LogP) is 1.15. The second kappa shape index (κ2) is 6.36. The van der Waals surface area contributed by atoms with E-state index in [0.717, 1.165) is 52.4 Å². The monoisotopic (exact) mass is 292 g/mol. The number of ether oxygens (including phenoxy) is 1. The van der Waals surface area contributed by atoms with E-state index in [1.165, 1.54) is 6.20 Å². The highest BCUT2D eigenvalue weighted by Gasteiger charge is 2.29. The van der Waals surface area contributed by atoms with E-state index in [1.807, 2.05) is 0 Å². The van der Waals surface area contributed by atoms with E-state index in [0.29, 0.717) is 11.6 Å². The lowest BCUT2D eigenvalue weighted by molar-refractivity contribution is -0.384. The largest absolute Gasteiger partial charge is 0.379 e. The molecule has 0 saturated carbocycles. The topological polar surface area (TPSA) is 71.7 Å². The Bertz CT molecular complexity index is 505. The van der Waals surface area contributed by atoms with Crippen molar-refractivity contribution in [2.75, 3.05) is 50.8 Å². The van der Waals surface area contributed by atoms with Gasteiger partial charge in [-0.05, 0) is 18.4 Å². The van der Waals surface area contributed by atoms with Crippen LogP contribution in [0.5, 0.6) is 0 Å². The summed E-state index contributed by atoms with van der Waals surface area (Å²) in [5.41, 5.74) is 0.795. The molecule has 2 saturated heterocycles. The summed E-state index contributed by atoms with van der Waals surface area (Å²) in [6.07, 6.45) is 4.04. The van der Waals surface area contributed by atoms with Crippen LogP contribution in [0.3, 0.4) is 0 Å². The van der Waals surface area contributed by atoms with E-state index in [-0.39, 0.29) is 10.6 Å². The van der Waals surface area contributed by atoms with Crippen LogP contribution in [-0.2, 0) is 4.74 Å². The minimum Gasteiger partial charge on any atom is -0.379 e. The van der Waals surface area contributed by atoms with Crippen LogP contribution in [0.4, 0.5) is 11.4 Å². The number of hydrogen-bond acceptors (Lipinski definition) is 6. The van der Waals surface area contributed by atoms with Crippen molar-refractivity contribution < 1.29 is 9.66 Å². The van der Waals surface area contributed by atoms with E-state index in [1.54, 1.807) is 12.3 Å². The lowest BCUT2D eigenvalue weighted by Crippen LogP contribution is -2.39. The average molecular weight is 292 g/mol. The Balaban J connectivity index is 1.63. The third kappa shape index (κ3) is 3.30. The Morgan fingerprint density at radius 2 is 2.19 bits per heavy atom. The summed E-state index contributed by atoms with van der Waals surface area (Å²) in [6, 6.07) is 1.75. The molecule has 3 heterocycles. The van der Waals surface area contributed by atoms with Crippen molar-refractivity contribution in [3.05, 3.63) is 28.6 Å². The summed E-state index contributed by atoms with van der Waals surface area (Å²) in [7, 11) is 0. The Labute approximate surface area is 123 Å². The lowest BCUT2D eigenvalue weighted by atomic mass is 10.1. The van der Waals surface area contributed by atoms with Gasteiger partial charge in [-0.2, -0.15) is 0 Å². The number of nitrogens with zero attached hydrogens (tertiary/aromatic N) is 4. The fourth-order valence-electron chi connectivity index (χ4n) is 3.14. The van der Waals surface area contributed by atoms with Gasteiger partial charge in [-0.3, -0.25) is 20.0 Å². The quantitative estimate of drug-likeness (QED) is 0.612. The Kier molecular flexibility index (Phi) is 4.31. The van der Waals surface area contributed by atoms with Crippen molar-refractivity contribution in [2.45, 2.75) is 6.42 Å². The molecule has 0 aromatic carbocycles. The van der Waals surface area contributed by atoms with Gasteiger partial charge < -0.3 is 9.64 Å². The van der Waals surface area contributed by atoms with E-state index < -0.39 is 0 Å². The summed E-state index contributed by atoms with van der Waals surface area (Å²) < 4.78 is 5.36. The zero-order chi connectivity index (χ0) is 14.7. The molecule has 0 aliphatic carbocycles. The van der Waals surface area contributed by atoms with E-state index >= 15 is 0 Å². The van der Waals surface area contributed by atoms with Crippen LogP contribution in [0.15, 0.2) is 18.5 Å². The molecule has 0 N–H and O–H groups in total. The SMILES string of the molecule is O=[N+]([O-])c1cnccc1N1CC[C@H](CN2CCOCC2)C1. The van der Waals surface area contributed by atoms with Gasteiger partial charge in [0.1, 0.15) is 11.9 Å². The molecule has 0 amide bonds. The molecular weight excluding hydrogens is 272 g/mol. The van der Waals surface area contributed by atoms with Crippen molar-refractivity contribution in [2.24, 2.45) is 5.92 Å². The summed E-state index contributed by atoms with van der Waals surface area (Å²) in [5, 5.41) is 11.1. The number of nitro groups is 1. The second-order valence-corrected chi connectivity index (χ2v) is 5.64. The van der Waals surface area contributed by atoms with Gasteiger partial charge in [0, 0.05) is 38.9 Å². The van der Waals surface area contributed by atoms with E-state index in [9.17, 15) is 10.1 Å². The summed E-state index contributed by atoms with van der Waals surface area (Å²) in [4.78, 5) is 19.1. The number of hydrogen-bond donors (Lipinski definition) is 0. The smallest absolute Gasteiger partial charge is 0.310 e. The first-order valence-corrected chi connectivity index (χ1v) is 7.37. The van der Waals surface area contributed by atoms with E-state index in [2.05, 4.69) is 14.8 Å². The van der Waals surface area contributed by atoms with Crippen molar-refractivity contribution in [1.82, 2.24) is 9.88 Å². The number of rotatable bonds is 4. The third-order valence-corrected chi connectivity index (χ3v) is 4.22. The van der Waals surface area contributed by atoms with Gasteiger partial charge in [-0.1, -0.05) is 0 Å². The van der Waals surface area contributed by atoms with Gasteiger partial charge in [-0.25, -0.2) is 0 Å². The fraction of sp³-hybridized carbons (Fsp3) is 0.643. The molecule has 2 aliphatic heterocycles. The maximum Gasteiger partial charge on any atom is 0.310 e. The van der Waals surface area contributed by atoms with Crippen LogP contribution in [0.2, 0.25) is 0 Å². The summed E-state index contributed by atoms with van der Waals surface area (Å²) in [6.45, 7) is 6.41. The Morgan fingerprint density at radius 3 is 2.95 bits per heavy atom.